The lowest BCUT2D eigenvalue weighted by Crippen LogP contribution is -2.05. The topological polar surface area (TPSA) is 48.7 Å². The predicted molar refractivity (Wildman–Crippen MR) is 91.8 cm³/mol. The van der Waals surface area contributed by atoms with Crippen LogP contribution in [0.2, 0.25) is 0 Å². The van der Waals surface area contributed by atoms with Gasteiger partial charge in [-0.25, -0.2) is 9.18 Å². The van der Waals surface area contributed by atoms with E-state index in [1.54, 1.807) is 31.2 Å². The molecule has 3 rings (SSSR count). The van der Waals surface area contributed by atoms with E-state index in [2.05, 4.69) is 15.9 Å². The minimum absolute atomic E-state index is 0.238. The first-order valence-electron chi connectivity index (χ1n) is 7.28. The lowest BCUT2D eigenvalue weighted by molar-refractivity contribution is 0.0529. The van der Waals surface area contributed by atoms with Gasteiger partial charge in [0.15, 0.2) is 0 Å². The second-order valence-electron chi connectivity index (χ2n) is 5.02. The highest BCUT2D eigenvalue weighted by Crippen LogP contribution is 2.39. The highest BCUT2D eigenvalue weighted by atomic mass is 79.9. The van der Waals surface area contributed by atoms with Crippen molar-refractivity contribution >= 4 is 32.9 Å². The summed E-state index contributed by atoms with van der Waals surface area (Å²) in [6.45, 7) is 1.97. The van der Waals surface area contributed by atoms with Crippen molar-refractivity contribution in [3.8, 4) is 17.1 Å². The molecule has 0 aliphatic rings. The number of furan rings is 1. The number of rotatable bonds is 4. The third kappa shape index (κ3) is 2.89. The van der Waals surface area contributed by atoms with Crippen LogP contribution in [-0.4, -0.2) is 19.7 Å². The van der Waals surface area contributed by atoms with E-state index in [-0.39, 0.29) is 12.4 Å². The van der Waals surface area contributed by atoms with Crippen molar-refractivity contribution in [3.63, 3.8) is 0 Å². The molecule has 0 aliphatic carbocycles. The van der Waals surface area contributed by atoms with E-state index in [1.807, 2.05) is 0 Å². The molecule has 0 atom stereocenters. The fraction of sp³-hybridized carbons (Fsp3) is 0.167. The van der Waals surface area contributed by atoms with Crippen molar-refractivity contribution < 1.29 is 23.1 Å². The molecule has 0 saturated heterocycles. The van der Waals surface area contributed by atoms with Crippen LogP contribution in [-0.2, 0) is 4.74 Å². The van der Waals surface area contributed by atoms with Crippen molar-refractivity contribution in [1.82, 2.24) is 0 Å². The van der Waals surface area contributed by atoms with Gasteiger partial charge in [0.05, 0.1) is 18.2 Å². The molecule has 4 nitrogen and oxygen atoms in total. The zero-order valence-corrected chi connectivity index (χ0v) is 14.6. The first-order valence-corrected chi connectivity index (χ1v) is 8.07. The van der Waals surface area contributed by atoms with Gasteiger partial charge in [0.1, 0.15) is 28.5 Å². The van der Waals surface area contributed by atoms with E-state index in [9.17, 15) is 9.18 Å². The summed E-state index contributed by atoms with van der Waals surface area (Å²) in [5.74, 6) is 0.0417. The van der Waals surface area contributed by atoms with E-state index in [4.69, 9.17) is 13.9 Å². The number of benzene rings is 2. The van der Waals surface area contributed by atoms with Crippen molar-refractivity contribution in [2.24, 2.45) is 0 Å². The third-order valence-corrected chi connectivity index (χ3v) is 4.17. The van der Waals surface area contributed by atoms with Gasteiger partial charge in [-0.3, -0.25) is 0 Å². The fourth-order valence-electron chi connectivity index (χ4n) is 2.47. The number of carbonyl (C=O) groups excluding carboxylic acids is 1. The molecule has 1 aromatic heterocycles. The number of methoxy groups -OCH3 is 1. The Morgan fingerprint density at radius 2 is 1.96 bits per heavy atom. The van der Waals surface area contributed by atoms with Crippen LogP contribution >= 0.6 is 15.9 Å². The average molecular weight is 393 g/mol. The van der Waals surface area contributed by atoms with Gasteiger partial charge in [0.2, 0.25) is 0 Å². The number of ether oxygens (including phenoxy) is 2. The molecule has 1 heterocycles. The largest absolute Gasteiger partial charge is 0.496 e. The minimum Gasteiger partial charge on any atom is -0.496 e. The van der Waals surface area contributed by atoms with Crippen LogP contribution < -0.4 is 4.74 Å². The van der Waals surface area contributed by atoms with Crippen LogP contribution in [0.5, 0.6) is 5.75 Å². The molecule has 3 aromatic rings. The number of fused-ring (bicyclic) bond motifs is 1. The maximum absolute atomic E-state index is 13.2. The quantitative estimate of drug-likeness (QED) is 0.573. The van der Waals surface area contributed by atoms with Gasteiger partial charge in [-0.15, -0.1) is 0 Å². The predicted octanol–water partition coefficient (Wildman–Crippen LogP) is 5.19. The summed E-state index contributed by atoms with van der Waals surface area (Å²) in [6.07, 6.45) is 0. The van der Waals surface area contributed by atoms with E-state index < -0.39 is 5.97 Å². The zero-order valence-electron chi connectivity index (χ0n) is 13.1. The van der Waals surface area contributed by atoms with Gasteiger partial charge in [-0.1, -0.05) is 0 Å². The lowest BCUT2D eigenvalue weighted by Gasteiger charge is -2.05. The van der Waals surface area contributed by atoms with E-state index in [0.29, 0.717) is 38.1 Å². The summed E-state index contributed by atoms with van der Waals surface area (Å²) in [7, 11) is 1.54. The average Bonchev–Trinajstić information content (AvgIpc) is 2.93. The SMILES string of the molecule is CCOC(=O)c1c(-c2ccc(F)cc2)oc2cc(Br)c(OC)cc12. The maximum Gasteiger partial charge on any atom is 0.342 e. The Morgan fingerprint density at radius 1 is 1.25 bits per heavy atom. The number of carbonyl (C=O) groups is 1. The fourth-order valence-corrected chi connectivity index (χ4v) is 2.95. The van der Waals surface area contributed by atoms with Gasteiger partial charge in [0, 0.05) is 10.9 Å². The van der Waals surface area contributed by atoms with Gasteiger partial charge >= 0.3 is 5.97 Å². The Kier molecular flexibility index (Phi) is 4.57. The number of halogens is 2. The molecule has 124 valence electrons. The molecule has 6 heteroatoms. The molecule has 0 bridgehead atoms. The highest BCUT2D eigenvalue weighted by Gasteiger charge is 2.24. The number of hydrogen-bond donors (Lipinski definition) is 0. The Labute approximate surface area is 146 Å². The van der Waals surface area contributed by atoms with Gasteiger partial charge in [-0.05, 0) is 59.3 Å². The Balaban J connectivity index is 2.29. The molecular formula is C18H14BrFO4. The second-order valence-corrected chi connectivity index (χ2v) is 5.87. The smallest absolute Gasteiger partial charge is 0.342 e. The van der Waals surface area contributed by atoms with Crippen LogP contribution in [0.25, 0.3) is 22.3 Å². The number of esters is 1. The zero-order chi connectivity index (χ0) is 17.3. The van der Waals surface area contributed by atoms with Crippen LogP contribution in [0, 0.1) is 5.82 Å². The molecule has 0 amide bonds. The highest BCUT2D eigenvalue weighted by molar-refractivity contribution is 9.10. The van der Waals surface area contributed by atoms with Crippen molar-refractivity contribution in [2.45, 2.75) is 6.92 Å². The summed E-state index contributed by atoms with van der Waals surface area (Å²) in [6, 6.07) is 9.18. The van der Waals surface area contributed by atoms with Gasteiger partial charge in [-0.2, -0.15) is 0 Å². The molecule has 0 spiro atoms. The van der Waals surface area contributed by atoms with Gasteiger partial charge < -0.3 is 13.9 Å². The van der Waals surface area contributed by atoms with Crippen molar-refractivity contribution in [3.05, 3.63) is 52.3 Å². The second kappa shape index (κ2) is 6.65. The molecule has 0 N–H and O–H groups in total. The van der Waals surface area contributed by atoms with E-state index in [1.165, 1.54) is 19.2 Å². The Hall–Kier alpha value is -2.34. The van der Waals surface area contributed by atoms with Crippen molar-refractivity contribution in [2.75, 3.05) is 13.7 Å². The summed E-state index contributed by atoms with van der Waals surface area (Å²) in [4.78, 5) is 12.5. The van der Waals surface area contributed by atoms with Crippen LogP contribution in [0.1, 0.15) is 17.3 Å². The maximum atomic E-state index is 13.2. The minimum atomic E-state index is -0.500. The monoisotopic (exact) mass is 392 g/mol. The van der Waals surface area contributed by atoms with E-state index >= 15 is 0 Å². The molecule has 24 heavy (non-hydrogen) atoms. The first-order chi connectivity index (χ1) is 11.5. The summed E-state index contributed by atoms with van der Waals surface area (Å²) < 4.78 is 30.2. The summed E-state index contributed by atoms with van der Waals surface area (Å²) in [5.41, 5.74) is 1.39. The van der Waals surface area contributed by atoms with Crippen LogP contribution in [0.3, 0.4) is 0 Å². The standard InChI is InChI=1S/C18H14BrFO4/c1-3-23-18(21)16-12-8-15(22-2)13(19)9-14(12)24-17(16)10-4-6-11(20)7-5-10/h4-9H,3H2,1-2H3. The molecule has 0 saturated carbocycles. The molecule has 0 unspecified atom stereocenters. The van der Waals surface area contributed by atoms with Crippen molar-refractivity contribution in [1.29, 1.82) is 0 Å². The van der Waals surface area contributed by atoms with Crippen LogP contribution in [0.4, 0.5) is 4.39 Å². The first kappa shape index (κ1) is 16.5. The van der Waals surface area contributed by atoms with Gasteiger partial charge in [0.25, 0.3) is 0 Å². The molecule has 0 radical (unpaired) electrons. The Bertz CT molecular complexity index is 900. The van der Waals surface area contributed by atoms with E-state index in [0.717, 1.165) is 0 Å². The summed E-state index contributed by atoms with van der Waals surface area (Å²) in [5, 5.41) is 0.577. The summed E-state index contributed by atoms with van der Waals surface area (Å²) >= 11 is 3.39. The lowest BCUT2D eigenvalue weighted by atomic mass is 10.1. The van der Waals surface area contributed by atoms with Crippen LogP contribution in [0.15, 0.2) is 45.3 Å². The Morgan fingerprint density at radius 3 is 2.58 bits per heavy atom. The molecule has 0 fully saturated rings. The molecule has 2 aromatic carbocycles. The molecular weight excluding hydrogens is 379 g/mol. The normalized spacial score (nSPS) is 10.8. The molecule has 0 aliphatic heterocycles. The third-order valence-electron chi connectivity index (χ3n) is 3.55. The number of hydrogen-bond acceptors (Lipinski definition) is 4.